The van der Waals surface area contributed by atoms with Gasteiger partial charge in [-0.05, 0) is 68.8 Å². The van der Waals surface area contributed by atoms with Crippen LogP contribution in [0.1, 0.15) is 22.3 Å². The molecule has 1 heterocycles. The fourth-order valence-corrected chi connectivity index (χ4v) is 4.47. The Hall–Kier alpha value is -2.38. The number of likely N-dealkylation sites (tertiary alicyclic amines) is 1. The third-order valence-corrected chi connectivity index (χ3v) is 6.11. The van der Waals surface area contributed by atoms with E-state index in [1.807, 2.05) is 20.0 Å². The zero-order chi connectivity index (χ0) is 19.4. The van der Waals surface area contributed by atoms with Gasteiger partial charge < -0.3 is 10.2 Å². The molecule has 144 valence electrons. The molecule has 0 aromatic heterocycles. The van der Waals surface area contributed by atoms with Crippen molar-refractivity contribution in [2.24, 2.45) is 5.92 Å². The highest BCUT2D eigenvalue weighted by Gasteiger charge is 2.27. The minimum absolute atomic E-state index is 0.0841. The van der Waals surface area contributed by atoms with Gasteiger partial charge in [0.25, 0.3) is 15.9 Å². The number of amides is 1. The highest BCUT2D eigenvalue weighted by atomic mass is 32.2. The maximum absolute atomic E-state index is 12.8. The lowest BCUT2D eigenvalue weighted by atomic mass is 10.1. The van der Waals surface area contributed by atoms with Gasteiger partial charge in [-0.2, -0.15) is 0 Å². The van der Waals surface area contributed by atoms with Crippen LogP contribution in [-0.4, -0.2) is 45.9 Å². The molecule has 2 aromatic rings. The number of rotatable bonds is 6. The second kappa shape index (κ2) is 8.10. The summed E-state index contributed by atoms with van der Waals surface area (Å²) in [6, 6.07) is 13.4. The standard InChI is InChI=1S/C20H25N3O3S/c1-15-5-3-7-18(11-15)22-27(25,26)19-8-4-6-17(12-19)20(24)23-10-9-16(14-23)13-21-2/h3-8,11-12,16,21-22H,9-10,13-14H2,1-2H3. The summed E-state index contributed by atoms with van der Waals surface area (Å²) in [5.41, 5.74) is 1.86. The average Bonchev–Trinajstić information content (AvgIpc) is 3.10. The SMILES string of the molecule is CNCC1CCN(C(=O)c2cccc(S(=O)(=O)Nc3cccc(C)c3)c2)C1. The summed E-state index contributed by atoms with van der Waals surface area (Å²) >= 11 is 0. The molecule has 7 heteroatoms. The van der Waals surface area contributed by atoms with Crippen molar-refractivity contribution in [3.05, 3.63) is 59.7 Å². The fraction of sp³-hybridized carbons (Fsp3) is 0.350. The number of carbonyl (C=O) groups is 1. The first-order chi connectivity index (χ1) is 12.9. The Morgan fingerprint density at radius 3 is 2.70 bits per heavy atom. The minimum atomic E-state index is -3.76. The van der Waals surface area contributed by atoms with Crippen LogP contribution in [-0.2, 0) is 10.0 Å². The molecule has 1 unspecified atom stereocenters. The summed E-state index contributed by atoms with van der Waals surface area (Å²) in [5, 5.41) is 3.14. The zero-order valence-corrected chi connectivity index (χ0v) is 16.4. The molecule has 0 spiro atoms. The van der Waals surface area contributed by atoms with Crippen LogP contribution in [0.3, 0.4) is 0 Å². The van der Waals surface area contributed by atoms with Gasteiger partial charge in [0.2, 0.25) is 0 Å². The smallest absolute Gasteiger partial charge is 0.261 e. The van der Waals surface area contributed by atoms with Crippen molar-refractivity contribution >= 4 is 21.6 Å². The van der Waals surface area contributed by atoms with Gasteiger partial charge >= 0.3 is 0 Å². The maximum Gasteiger partial charge on any atom is 0.261 e. The fourth-order valence-electron chi connectivity index (χ4n) is 3.37. The van der Waals surface area contributed by atoms with E-state index >= 15 is 0 Å². The number of hydrogen-bond acceptors (Lipinski definition) is 4. The van der Waals surface area contributed by atoms with Crippen LogP contribution in [0.5, 0.6) is 0 Å². The van der Waals surface area contributed by atoms with E-state index in [1.54, 1.807) is 35.2 Å². The van der Waals surface area contributed by atoms with Crippen molar-refractivity contribution in [3.63, 3.8) is 0 Å². The average molecular weight is 388 g/mol. The van der Waals surface area contributed by atoms with E-state index < -0.39 is 10.0 Å². The molecule has 2 aromatic carbocycles. The van der Waals surface area contributed by atoms with Crippen LogP contribution in [0.25, 0.3) is 0 Å². The van der Waals surface area contributed by atoms with Gasteiger partial charge in [0, 0.05) is 24.3 Å². The third kappa shape index (κ3) is 4.67. The molecule has 1 atom stereocenters. The van der Waals surface area contributed by atoms with Crippen molar-refractivity contribution in [3.8, 4) is 0 Å². The van der Waals surface area contributed by atoms with Gasteiger partial charge in [0.15, 0.2) is 0 Å². The number of hydrogen-bond donors (Lipinski definition) is 2. The molecule has 0 radical (unpaired) electrons. The van der Waals surface area contributed by atoms with E-state index in [2.05, 4.69) is 10.0 Å². The topological polar surface area (TPSA) is 78.5 Å². The van der Waals surface area contributed by atoms with Crippen molar-refractivity contribution < 1.29 is 13.2 Å². The number of anilines is 1. The van der Waals surface area contributed by atoms with Crippen LogP contribution in [0.2, 0.25) is 0 Å². The second-order valence-electron chi connectivity index (χ2n) is 6.97. The Morgan fingerprint density at radius 2 is 1.96 bits per heavy atom. The van der Waals surface area contributed by atoms with Gasteiger partial charge in [-0.15, -0.1) is 0 Å². The molecular weight excluding hydrogens is 362 g/mol. The molecule has 3 rings (SSSR count). The highest BCUT2D eigenvalue weighted by Crippen LogP contribution is 2.21. The number of nitrogens with zero attached hydrogens (tertiary/aromatic N) is 1. The van der Waals surface area contributed by atoms with Crippen molar-refractivity contribution in [2.45, 2.75) is 18.2 Å². The molecule has 0 bridgehead atoms. The van der Waals surface area contributed by atoms with Gasteiger partial charge in [0.1, 0.15) is 0 Å². The predicted octanol–water partition coefficient (Wildman–Crippen LogP) is 2.48. The van der Waals surface area contributed by atoms with E-state index in [0.29, 0.717) is 30.3 Å². The van der Waals surface area contributed by atoms with E-state index in [4.69, 9.17) is 0 Å². The zero-order valence-electron chi connectivity index (χ0n) is 15.6. The van der Waals surface area contributed by atoms with E-state index in [0.717, 1.165) is 18.5 Å². The summed E-state index contributed by atoms with van der Waals surface area (Å²) in [5.74, 6) is 0.315. The summed E-state index contributed by atoms with van der Waals surface area (Å²) < 4.78 is 28.0. The molecule has 27 heavy (non-hydrogen) atoms. The Kier molecular flexibility index (Phi) is 5.82. The lowest BCUT2D eigenvalue weighted by Gasteiger charge is -2.17. The van der Waals surface area contributed by atoms with E-state index in [9.17, 15) is 13.2 Å². The van der Waals surface area contributed by atoms with Crippen LogP contribution < -0.4 is 10.0 Å². The molecule has 1 fully saturated rings. The quantitative estimate of drug-likeness (QED) is 0.798. The predicted molar refractivity (Wildman–Crippen MR) is 106 cm³/mol. The number of benzene rings is 2. The molecule has 1 aliphatic rings. The Labute approximate surface area is 160 Å². The molecule has 2 N–H and O–H groups in total. The molecular formula is C20H25N3O3S. The highest BCUT2D eigenvalue weighted by molar-refractivity contribution is 7.92. The largest absolute Gasteiger partial charge is 0.338 e. The number of nitrogens with one attached hydrogen (secondary N) is 2. The van der Waals surface area contributed by atoms with E-state index in [1.165, 1.54) is 12.1 Å². The number of carbonyl (C=O) groups excluding carboxylic acids is 1. The van der Waals surface area contributed by atoms with Crippen molar-refractivity contribution in [1.29, 1.82) is 0 Å². The van der Waals surface area contributed by atoms with Crippen LogP contribution in [0.4, 0.5) is 5.69 Å². The third-order valence-electron chi connectivity index (χ3n) is 4.73. The Balaban J connectivity index is 1.77. The molecule has 0 aliphatic carbocycles. The van der Waals surface area contributed by atoms with Crippen LogP contribution in [0, 0.1) is 12.8 Å². The molecule has 1 saturated heterocycles. The van der Waals surface area contributed by atoms with Gasteiger partial charge in [-0.25, -0.2) is 8.42 Å². The van der Waals surface area contributed by atoms with E-state index in [-0.39, 0.29) is 10.8 Å². The first kappa shape index (κ1) is 19.4. The minimum Gasteiger partial charge on any atom is -0.338 e. The first-order valence-corrected chi connectivity index (χ1v) is 10.5. The first-order valence-electron chi connectivity index (χ1n) is 9.02. The normalized spacial score (nSPS) is 17.1. The second-order valence-corrected chi connectivity index (χ2v) is 8.65. The number of sulfonamides is 1. The molecule has 1 amide bonds. The summed E-state index contributed by atoms with van der Waals surface area (Å²) in [7, 11) is -1.86. The molecule has 1 aliphatic heterocycles. The Bertz CT molecular complexity index is 928. The van der Waals surface area contributed by atoms with Gasteiger partial charge in [0.05, 0.1) is 4.90 Å². The molecule has 6 nitrogen and oxygen atoms in total. The summed E-state index contributed by atoms with van der Waals surface area (Å²) in [4.78, 5) is 14.6. The maximum atomic E-state index is 12.8. The van der Waals surface area contributed by atoms with Gasteiger partial charge in [-0.1, -0.05) is 18.2 Å². The van der Waals surface area contributed by atoms with Crippen LogP contribution >= 0.6 is 0 Å². The summed E-state index contributed by atoms with van der Waals surface area (Å²) in [6.45, 7) is 4.16. The lowest BCUT2D eigenvalue weighted by Crippen LogP contribution is -2.30. The monoisotopic (exact) mass is 387 g/mol. The lowest BCUT2D eigenvalue weighted by molar-refractivity contribution is 0.0787. The number of aryl methyl sites for hydroxylation is 1. The Morgan fingerprint density at radius 1 is 1.19 bits per heavy atom. The molecule has 0 saturated carbocycles. The summed E-state index contributed by atoms with van der Waals surface area (Å²) in [6.07, 6.45) is 0.958. The van der Waals surface area contributed by atoms with Crippen molar-refractivity contribution in [1.82, 2.24) is 10.2 Å². The van der Waals surface area contributed by atoms with Crippen molar-refractivity contribution in [2.75, 3.05) is 31.4 Å². The van der Waals surface area contributed by atoms with Gasteiger partial charge in [-0.3, -0.25) is 9.52 Å². The van der Waals surface area contributed by atoms with Crippen LogP contribution in [0.15, 0.2) is 53.4 Å².